The Kier molecular flexibility index (Phi) is 6.41. The van der Waals surface area contributed by atoms with Gasteiger partial charge in [0.2, 0.25) is 0 Å². The Bertz CT molecular complexity index is 1010. The minimum Gasteiger partial charge on any atom is -0.507 e. The Morgan fingerprint density at radius 3 is 2.47 bits per heavy atom. The second-order valence-corrected chi connectivity index (χ2v) is 7.39. The van der Waals surface area contributed by atoms with Gasteiger partial charge in [-0.3, -0.25) is 9.59 Å². The van der Waals surface area contributed by atoms with E-state index in [2.05, 4.69) is 0 Å². The van der Waals surface area contributed by atoms with Crippen molar-refractivity contribution in [3.63, 3.8) is 0 Å². The van der Waals surface area contributed by atoms with E-state index in [-0.39, 0.29) is 27.7 Å². The largest absolute Gasteiger partial charge is 0.507 e. The molecule has 2 heterocycles. The number of unbranched alkanes of at least 4 members (excludes halogenated alkanes) is 1. The summed E-state index contributed by atoms with van der Waals surface area (Å²) < 4.78 is 16.3. The van der Waals surface area contributed by atoms with E-state index >= 15 is 0 Å². The van der Waals surface area contributed by atoms with Gasteiger partial charge < -0.3 is 23.9 Å². The van der Waals surface area contributed by atoms with Crippen LogP contribution in [0, 0.1) is 6.92 Å². The number of ether oxygens (including phenoxy) is 2. The Hall–Kier alpha value is -2.93. The number of likely N-dealkylation sites (tertiary alicyclic amines) is 1. The molecule has 1 unspecified atom stereocenters. The molecule has 1 aromatic carbocycles. The first-order chi connectivity index (χ1) is 14.3. The van der Waals surface area contributed by atoms with Crippen LogP contribution in [0.15, 0.2) is 34.3 Å². The van der Waals surface area contributed by atoms with E-state index in [9.17, 15) is 14.7 Å². The van der Waals surface area contributed by atoms with E-state index < -0.39 is 17.7 Å². The van der Waals surface area contributed by atoms with Gasteiger partial charge in [0, 0.05) is 12.6 Å². The van der Waals surface area contributed by atoms with Crippen LogP contribution in [0.4, 0.5) is 0 Å². The second-order valence-electron chi connectivity index (χ2n) is 6.98. The van der Waals surface area contributed by atoms with Crippen LogP contribution in [-0.4, -0.2) is 42.5 Å². The number of hydrogen-bond donors (Lipinski definition) is 1. The smallest absolute Gasteiger partial charge is 0.295 e. The summed E-state index contributed by atoms with van der Waals surface area (Å²) in [5, 5.41) is 11.5. The Morgan fingerprint density at radius 1 is 1.20 bits per heavy atom. The fraction of sp³-hybridized carbons (Fsp3) is 0.364. The van der Waals surface area contributed by atoms with Crippen molar-refractivity contribution >= 4 is 29.1 Å². The maximum atomic E-state index is 13.0. The summed E-state index contributed by atoms with van der Waals surface area (Å²) in [7, 11) is 2.86. The number of amides is 1. The second kappa shape index (κ2) is 8.83. The quantitative estimate of drug-likeness (QED) is 0.393. The first-order valence-electron chi connectivity index (χ1n) is 9.60. The number of carbonyl (C=O) groups is 2. The molecule has 0 bridgehead atoms. The fourth-order valence-corrected chi connectivity index (χ4v) is 3.76. The van der Waals surface area contributed by atoms with E-state index in [1.807, 2.05) is 6.92 Å². The number of carbonyl (C=O) groups excluding carboxylic acids is 2. The molecule has 1 aliphatic heterocycles. The van der Waals surface area contributed by atoms with E-state index in [1.54, 1.807) is 19.1 Å². The van der Waals surface area contributed by atoms with Crippen LogP contribution >= 0.6 is 11.6 Å². The number of furan rings is 1. The average Bonchev–Trinajstić information content (AvgIpc) is 3.27. The molecule has 1 saturated heterocycles. The van der Waals surface area contributed by atoms with Gasteiger partial charge >= 0.3 is 0 Å². The molecule has 3 rings (SSSR count). The average molecular weight is 434 g/mol. The van der Waals surface area contributed by atoms with Gasteiger partial charge in [0.15, 0.2) is 0 Å². The van der Waals surface area contributed by atoms with Crippen LogP contribution in [0.25, 0.3) is 5.76 Å². The Morgan fingerprint density at radius 2 is 1.90 bits per heavy atom. The number of nitrogens with zero attached hydrogens (tertiary/aromatic N) is 1. The first-order valence-corrected chi connectivity index (χ1v) is 9.98. The van der Waals surface area contributed by atoms with Crippen LogP contribution in [-0.2, 0) is 9.59 Å². The van der Waals surface area contributed by atoms with Crippen LogP contribution in [0.3, 0.4) is 0 Å². The minimum absolute atomic E-state index is 0.0619. The van der Waals surface area contributed by atoms with Crippen LogP contribution in [0.1, 0.15) is 42.9 Å². The molecule has 2 aromatic rings. The molecule has 1 fully saturated rings. The van der Waals surface area contributed by atoms with E-state index in [4.69, 9.17) is 25.5 Å². The van der Waals surface area contributed by atoms with Crippen molar-refractivity contribution in [1.82, 2.24) is 4.90 Å². The molecule has 0 aliphatic carbocycles. The summed E-state index contributed by atoms with van der Waals surface area (Å²) >= 11 is 6.16. The lowest BCUT2D eigenvalue weighted by Crippen LogP contribution is -2.30. The van der Waals surface area contributed by atoms with Gasteiger partial charge in [-0.25, -0.2) is 0 Å². The molecule has 0 saturated carbocycles. The third-order valence-electron chi connectivity index (χ3n) is 5.05. The summed E-state index contributed by atoms with van der Waals surface area (Å²) in [5.41, 5.74) is 0.133. The standard InChI is InChI=1S/C22H24ClNO6/c1-5-6-9-24-19(15-8-7-12(2)30-15)18(21(26)22(24)27)20(25)13-10-17(29-4)14(23)11-16(13)28-3/h7-8,10-11,19,25H,5-6,9H2,1-4H3/b20-18+. The molecule has 1 N–H and O–H groups in total. The molecule has 1 atom stereocenters. The molecule has 160 valence electrons. The van der Waals surface area contributed by atoms with Gasteiger partial charge in [0.05, 0.1) is 30.4 Å². The lowest BCUT2D eigenvalue weighted by Gasteiger charge is -2.23. The number of benzene rings is 1. The summed E-state index contributed by atoms with van der Waals surface area (Å²) in [5.74, 6) is -0.251. The van der Waals surface area contributed by atoms with Crippen molar-refractivity contribution in [1.29, 1.82) is 0 Å². The van der Waals surface area contributed by atoms with Crippen molar-refractivity contribution in [3.8, 4) is 11.5 Å². The number of hydrogen-bond acceptors (Lipinski definition) is 6. The van der Waals surface area contributed by atoms with E-state index in [0.717, 1.165) is 6.42 Å². The highest BCUT2D eigenvalue weighted by Crippen LogP contribution is 2.43. The zero-order valence-electron chi connectivity index (χ0n) is 17.3. The Balaban J connectivity index is 2.23. The van der Waals surface area contributed by atoms with Gasteiger partial charge in [-0.2, -0.15) is 0 Å². The highest BCUT2D eigenvalue weighted by molar-refractivity contribution is 6.46. The van der Waals surface area contributed by atoms with Gasteiger partial charge in [-0.15, -0.1) is 0 Å². The van der Waals surface area contributed by atoms with Crippen molar-refractivity contribution < 1.29 is 28.6 Å². The third-order valence-corrected chi connectivity index (χ3v) is 5.35. The normalized spacial score (nSPS) is 18.2. The highest BCUT2D eigenvalue weighted by Gasteiger charge is 2.47. The monoisotopic (exact) mass is 433 g/mol. The van der Waals surface area contributed by atoms with E-state index in [0.29, 0.717) is 30.2 Å². The molecular formula is C22H24ClNO6. The molecule has 30 heavy (non-hydrogen) atoms. The van der Waals surface area contributed by atoms with Gasteiger partial charge in [-0.05, 0) is 31.5 Å². The topological polar surface area (TPSA) is 89.2 Å². The number of aliphatic hydroxyl groups excluding tert-OH is 1. The van der Waals surface area contributed by atoms with Crippen molar-refractivity contribution in [2.75, 3.05) is 20.8 Å². The summed E-state index contributed by atoms with van der Waals surface area (Å²) in [6.45, 7) is 4.13. The number of aryl methyl sites for hydroxylation is 1. The Labute approximate surface area is 179 Å². The highest BCUT2D eigenvalue weighted by atomic mass is 35.5. The zero-order chi connectivity index (χ0) is 22.0. The molecule has 0 spiro atoms. The maximum absolute atomic E-state index is 13.0. The molecule has 8 heteroatoms. The lowest BCUT2D eigenvalue weighted by molar-refractivity contribution is -0.140. The zero-order valence-corrected chi connectivity index (χ0v) is 18.1. The fourth-order valence-electron chi connectivity index (χ4n) is 3.53. The summed E-state index contributed by atoms with van der Waals surface area (Å²) in [4.78, 5) is 27.2. The molecule has 1 amide bonds. The van der Waals surface area contributed by atoms with Gasteiger partial charge in [-0.1, -0.05) is 24.9 Å². The number of Topliss-reactive ketones (excluding diaryl/α,β-unsaturated/α-hetero) is 1. The van der Waals surface area contributed by atoms with Crippen LogP contribution in [0.2, 0.25) is 5.02 Å². The summed E-state index contributed by atoms with van der Waals surface area (Å²) in [6.07, 6.45) is 1.55. The molecule has 1 aliphatic rings. The predicted molar refractivity (Wildman–Crippen MR) is 112 cm³/mol. The van der Waals surface area contributed by atoms with Crippen molar-refractivity contribution in [2.24, 2.45) is 0 Å². The van der Waals surface area contributed by atoms with Gasteiger partial charge in [0.25, 0.3) is 11.7 Å². The molecule has 7 nitrogen and oxygen atoms in total. The lowest BCUT2D eigenvalue weighted by atomic mass is 9.98. The summed E-state index contributed by atoms with van der Waals surface area (Å²) in [6, 6.07) is 5.57. The SMILES string of the molecule is CCCCN1C(=O)C(=O)/C(=C(/O)c2cc(OC)c(Cl)cc2OC)C1c1ccc(C)o1. The number of halogens is 1. The van der Waals surface area contributed by atoms with Crippen molar-refractivity contribution in [2.45, 2.75) is 32.7 Å². The number of aliphatic hydroxyl groups is 1. The maximum Gasteiger partial charge on any atom is 0.295 e. The molecule has 0 radical (unpaired) electrons. The third kappa shape index (κ3) is 3.77. The number of rotatable bonds is 7. The van der Waals surface area contributed by atoms with Crippen LogP contribution in [0.5, 0.6) is 11.5 Å². The van der Waals surface area contributed by atoms with E-state index in [1.165, 1.54) is 31.3 Å². The predicted octanol–water partition coefficient (Wildman–Crippen LogP) is 4.48. The van der Waals surface area contributed by atoms with Crippen molar-refractivity contribution in [3.05, 3.63) is 51.9 Å². The number of methoxy groups -OCH3 is 2. The van der Waals surface area contributed by atoms with Crippen LogP contribution < -0.4 is 9.47 Å². The molecular weight excluding hydrogens is 410 g/mol. The first kappa shape index (κ1) is 21.8. The number of ketones is 1. The van der Waals surface area contributed by atoms with Gasteiger partial charge in [0.1, 0.15) is 34.8 Å². The minimum atomic E-state index is -0.836. The molecule has 1 aromatic heterocycles.